The lowest BCUT2D eigenvalue weighted by Crippen LogP contribution is -2.46. The second-order valence-electron chi connectivity index (χ2n) is 7.65. The molecule has 1 amide bonds. The zero-order valence-electron chi connectivity index (χ0n) is 16.6. The van der Waals surface area contributed by atoms with Crippen molar-refractivity contribution < 1.29 is 9.53 Å². The van der Waals surface area contributed by atoms with Crippen LogP contribution in [0.3, 0.4) is 0 Å². The Balaban J connectivity index is 0.00000196. The van der Waals surface area contributed by atoms with E-state index in [1.807, 2.05) is 6.07 Å². The molecule has 0 saturated carbocycles. The third kappa shape index (κ3) is 7.53. The lowest BCUT2D eigenvalue weighted by atomic mass is 9.92. The number of halogens is 2. The minimum atomic E-state index is -0.434. The molecule has 0 aliphatic carbocycles. The average molecular weight is 432 g/mol. The Morgan fingerprint density at radius 1 is 1.07 bits per heavy atom. The van der Waals surface area contributed by atoms with Crippen LogP contribution in [0.1, 0.15) is 49.7 Å². The molecule has 0 radical (unpaired) electrons. The van der Waals surface area contributed by atoms with Crippen LogP contribution in [0.4, 0.5) is 0 Å². The van der Waals surface area contributed by atoms with Crippen LogP contribution in [-0.4, -0.2) is 43.2 Å². The SMILES string of the molecule is Cl.Cl.NC(C(=O)NCc1ccccc1CN1CCCCCC1)C1CCOCC1. The number of likely N-dealkylation sites (tertiary alicyclic amines) is 1. The summed E-state index contributed by atoms with van der Waals surface area (Å²) in [6.45, 7) is 5.30. The maximum Gasteiger partial charge on any atom is 0.237 e. The molecule has 1 aromatic carbocycles. The van der Waals surface area contributed by atoms with Gasteiger partial charge in [-0.05, 0) is 55.8 Å². The molecule has 1 unspecified atom stereocenters. The zero-order valence-corrected chi connectivity index (χ0v) is 18.2. The van der Waals surface area contributed by atoms with Crippen LogP contribution in [0, 0.1) is 5.92 Å². The number of benzene rings is 1. The quantitative estimate of drug-likeness (QED) is 0.724. The first-order valence-electron chi connectivity index (χ1n) is 10.1. The predicted molar refractivity (Wildman–Crippen MR) is 118 cm³/mol. The molecule has 2 fully saturated rings. The van der Waals surface area contributed by atoms with Crippen LogP contribution in [-0.2, 0) is 22.6 Å². The minimum Gasteiger partial charge on any atom is -0.381 e. The van der Waals surface area contributed by atoms with Crippen LogP contribution < -0.4 is 11.1 Å². The zero-order chi connectivity index (χ0) is 18.2. The van der Waals surface area contributed by atoms with Crippen molar-refractivity contribution in [3.63, 3.8) is 0 Å². The van der Waals surface area contributed by atoms with Gasteiger partial charge in [0.25, 0.3) is 0 Å². The fraction of sp³-hybridized carbons (Fsp3) is 0.667. The van der Waals surface area contributed by atoms with E-state index in [1.165, 1.54) is 49.9 Å². The topological polar surface area (TPSA) is 67.6 Å². The summed E-state index contributed by atoms with van der Waals surface area (Å²) in [5.74, 6) is 0.192. The highest BCUT2D eigenvalue weighted by Crippen LogP contribution is 2.19. The fourth-order valence-electron chi connectivity index (χ4n) is 4.01. The number of nitrogens with zero attached hydrogens (tertiary/aromatic N) is 1. The number of rotatable bonds is 6. The first-order chi connectivity index (χ1) is 12.7. The van der Waals surface area contributed by atoms with Crippen molar-refractivity contribution in [3.05, 3.63) is 35.4 Å². The van der Waals surface area contributed by atoms with E-state index >= 15 is 0 Å². The molecule has 3 N–H and O–H groups in total. The van der Waals surface area contributed by atoms with Crippen molar-refractivity contribution in [2.45, 2.75) is 57.7 Å². The van der Waals surface area contributed by atoms with E-state index in [0.717, 1.165) is 19.4 Å². The lowest BCUT2D eigenvalue weighted by Gasteiger charge is -2.27. The van der Waals surface area contributed by atoms with Crippen molar-refractivity contribution in [2.75, 3.05) is 26.3 Å². The summed E-state index contributed by atoms with van der Waals surface area (Å²) in [4.78, 5) is 15.0. The molecule has 160 valence electrons. The molecule has 0 spiro atoms. The molecule has 28 heavy (non-hydrogen) atoms. The molecule has 2 aliphatic heterocycles. The number of carbonyl (C=O) groups excluding carboxylic acids is 1. The first kappa shape index (κ1) is 25.2. The molecule has 3 rings (SSSR count). The molecule has 1 aromatic rings. The van der Waals surface area contributed by atoms with E-state index in [0.29, 0.717) is 19.8 Å². The largest absolute Gasteiger partial charge is 0.381 e. The maximum atomic E-state index is 12.5. The Labute approximate surface area is 181 Å². The molecule has 2 heterocycles. The van der Waals surface area contributed by atoms with Crippen LogP contribution in [0.25, 0.3) is 0 Å². The number of hydrogen-bond acceptors (Lipinski definition) is 4. The van der Waals surface area contributed by atoms with Crippen molar-refractivity contribution in [1.82, 2.24) is 10.2 Å². The van der Waals surface area contributed by atoms with Gasteiger partial charge in [-0.3, -0.25) is 9.69 Å². The summed E-state index contributed by atoms with van der Waals surface area (Å²) in [7, 11) is 0. The monoisotopic (exact) mass is 431 g/mol. The smallest absolute Gasteiger partial charge is 0.237 e. The third-order valence-electron chi connectivity index (χ3n) is 5.74. The molecule has 2 aliphatic rings. The normalized spacial score (nSPS) is 19.6. The molecule has 5 nitrogen and oxygen atoms in total. The van der Waals surface area contributed by atoms with Gasteiger partial charge in [-0.15, -0.1) is 24.8 Å². The molecule has 0 aromatic heterocycles. The molecule has 2 saturated heterocycles. The summed E-state index contributed by atoms with van der Waals surface area (Å²) in [6.07, 6.45) is 7.02. The Bertz CT molecular complexity index is 575. The highest BCUT2D eigenvalue weighted by molar-refractivity contribution is 5.85. The standard InChI is InChI=1S/C21H33N3O2.2ClH/c22-20(17-9-13-26-14-10-17)21(25)23-15-18-7-3-4-8-19(18)16-24-11-5-1-2-6-12-24;;/h3-4,7-8,17,20H,1-2,5-6,9-16,22H2,(H,23,25);2*1H. The Kier molecular flexibility index (Phi) is 12.0. The summed E-state index contributed by atoms with van der Waals surface area (Å²) in [5.41, 5.74) is 8.70. The Hall–Kier alpha value is -0.850. The minimum absolute atomic E-state index is 0. The molecule has 0 bridgehead atoms. The highest BCUT2D eigenvalue weighted by Gasteiger charge is 2.26. The first-order valence-corrected chi connectivity index (χ1v) is 10.1. The molecule has 7 heteroatoms. The summed E-state index contributed by atoms with van der Waals surface area (Å²) in [6, 6.07) is 8.01. The van der Waals surface area contributed by atoms with Crippen LogP contribution in [0.2, 0.25) is 0 Å². The molecular formula is C21H35Cl2N3O2. The number of carbonyl (C=O) groups is 1. The van der Waals surface area contributed by atoms with Crippen molar-refractivity contribution in [3.8, 4) is 0 Å². The van der Waals surface area contributed by atoms with Gasteiger partial charge < -0.3 is 15.8 Å². The van der Waals surface area contributed by atoms with E-state index in [-0.39, 0.29) is 36.6 Å². The van der Waals surface area contributed by atoms with Gasteiger partial charge in [0.2, 0.25) is 5.91 Å². The maximum absolute atomic E-state index is 12.5. The Morgan fingerprint density at radius 2 is 1.68 bits per heavy atom. The van der Waals surface area contributed by atoms with Crippen molar-refractivity contribution >= 4 is 30.7 Å². The number of amides is 1. The average Bonchev–Trinajstić information content (AvgIpc) is 2.96. The number of nitrogens with one attached hydrogen (secondary N) is 1. The van der Waals surface area contributed by atoms with Gasteiger partial charge in [0, 0.05) is 26.3 Å². The van der Waals surface area contributed by atoms with Gasteiger partial charge in [0.05, 0.1) is 6.04 Å². The van der Waals surface area contributed by atoms with E-state index in [4.69, 9.17) is 10.5 Å². The van der Waals surface area contributed by atoms with Gasteiger partial charge in [0.15, 0.2) is 0 Å². The van der Waals surface area contributed by atoms with Gasteiger partial charge in [-0.25, -0.2) is 0 Å². The van der Waals surface area contributed by atoms with E-state index in [1.54, 1.807) is 0 Å². The van der Waals surface area contributed by atoms with E-state index in [9.17, 15) is 4.79 Å². The molecule has 1 atom stereocenters. The van der Waals surface area contributed by atoms with Crippen LogP contribution in [0.15, 0.2) is 24.3 Å². The summed E-state index contributed by atoms with van der Waals surface area (Å²) < 4.78 is 5.36. The summed E-state index contributed by atoms with van der Waals surface area (Å²) in [5, 5.41) is 3.06. The van der Waals surface area contributed by atoms with Crippen molar-refractivity contribution in [2.24, 2.45) is 11.7 Å². The van der Waals surface area contributed by atoms with Gasteiger partial charge in [0.1, 0.15) is 0 Å². The lowest BCUT2D eigenvalue weighted by molar-refractivity contribution is -0.124. The van der Waals surface area contributed by atoms with Crippen LogP contribution in [0.5, 0.6) is 0 Å². The molecular weight excluding hydrogens is 397 g/mol. The number of hydrogen-bond donors (Lipinski definition) is 2. The fourth-order valence-corrected chi connectivity index (χ4v) is 4.01. The second kappa shape index (κ2) is 13.4. The predicted octanol–water partition coefficient (Wildman–Crippen LogP) is 3.28. The van der Waals surface area contributed by atoms with Gasteiger partial charge >= 0.3 is 0 Å². The highest BCUT2D eigenvalue weighted by atomic mass is 35.5. The number of ether oxygens (including phenoxy) is 1. The van der Waals surface area contributed by atoms with E-state index in [2.05, 4.69) is 28.4 Å². The van der Waals surface area contributed by atoms with Gasteiger partial charge in [-0.1, -0.05) is 37.1 Å². The summed E-state index contributed by atoms with van der Waals surface area (Å²) >= 11 is 0. The number of nitrogens with two attached hydrogens (primary N) is 1. The third-order valence-corrected chi connectivity index (χ3v) is 5.74. The van der Waals surface area contributed by atoms with Crippen LogP contribution >= 0.6 is 24.8 Å². The van der Waals surface area contributed by atoms with Crippen molar-refractivity contribution in [1.29, 1.82) is 0 Å². The van der Waals surface area contributed by atoms with Gasteiger partial charge in [-0.2, -0.15) is 0 Å². The van der Waals surface area contributed by atoms with E-state index < -0.39 is 6.04 Å². The Morgan fingerprint density at radius 3 is 2.32 bits per heavy atom. The second-order valence-corrected chi connectivity index (χ2v) is 7.65.